The van der Waals surface area contributed by atoms with Gasteiger partial charge in [-0.15, -0.1) is 0 Å². The van der Waals surface area contributed by atoms with Crippen molar-refractivity contribution in [2.75, 3.05) is 31.1 Å². The average molecular weight is 387 g/mol. The zero-order valence-electron chi connectivity index (χ0n) is 15.2. The molecule has 0 aromatic heterocycles. The number of hydrogen-bond donors (Lipinski definition) is 0. The molecule has 1 fully saturated rings. The van der Waals surface area contributed by atoms with Crippen LogP contribution in [0.15, 0.2) is 48.5 Å². The summed E-state index contributed by atoms with van der Waals surface area (Å²) in [6.07, 6.45) is -3.40. The van der Waals surface area contributed by atoms with Crippen LogP contribution in [-0.4, -0.2) is 37.0 Å². The average Bonchev–Trinajstić information content (AvgIpc) is 2.72. The lowest BCUT2D eigenvalue weighted by Crippen LogP contribution is -2.48. The number of nitriles is 1. The Balaban J connectivity index is 1.52. The second-order valence-electron chi connectivity index (χ2n) is 6.72. The highest BCUT2D eigenvalue weighted by atomic mass is 19.4. The van der Waals surface area contributed by atoms with E-state index >= 15 is 0 Å². The van der Waals surface area contributed by atoms with E-state index in [1.54, 1.807) is 23.1 Å². The topological polar surface area (TPSA) is 47.3 Å². The first kappa shape index (κ1) is 19.7. The Bertz CT molecular complexity index is 864. The number of halogens is 3. The Morgan fingerprint density at radius 2 is 1.71 bits per heavy atom. The number of amides is 1. The Morgan fingerprint density at radius 3 is 2.32 bits per heavy atom. The van der Waals surface area contributed by atoms with Crippen molar-refractivity contribution in [3.05, 3.63) is 65.2 Å². The Kier molecular flexibility index (Phi) is 5.88. The van der Waals surface area contributed by atoms with Gasteiger partial charge in [0.15, 0.2) is 0 Å². The van der Waals surface area contributed by atoms with Crippen LogP contribution >= 0.6 is 0 Å². The number of benzene rings is 2. The van der Waals surface area contributed by atoms with E-state index in [1.165, 1.54) is 6.07 Å². The van der Waals surface area contributed by atoms with Crippen molar-refractivity contribution in [1.82, 2.24) is 4.90 Å². The van der Waals surface area contributed by atoms with Crippen LogP contribution in [0.1, 0.15) is 23.1 Å². The SMILES string of the molecule is N#Cc1ccc(CCC(=O)N2CCN(c3cccc(C(F)(F)F)c3)CC2)cc1. The number of carbonyl (C=O) groups excluding carboxylic acids is 1. The molecule has 0 N–H and O–H groups in total. The Labute approximate surface area is 161 Å². The molecule has 1 heterocycles. The number of rotatable bonds is 4. The lowest BCUT2D eigenvalue weighted by atomic mass is 10.1. The molecule has 0 saturated carbocycles. The van der Waals surface area contributed by atoms with Gasteiger partial charge >= 0.3 is 6.18 Å². The van der Waals surface area contributed by atoms with Gasteiger partial charge in [-0.25, -0.2) is 0 Å². The van der Waals surface area contributed by atoms with Crippen LogP contribution in [0.5, 0.6) is 0 Å². The molecular weight excluding hydrogens is 367 g/mol. The summed E-state index contributed by atoms with van der Waals surface area (Å²) in [7, 11) is 0. The summed E-state index contributed by atoms with van der Waals surface area (Å²) in [4.78, 5) is 16.1. The fraction of sp³-hybridized carbons (Fsp3) is 0.333. The molecule has 3 rings (SSSR count). The summed E-state index contributed by atoms with van der Waals surface area (Å²) in [5.74, 6) is 0.0352. The van der Waals surface area contributed by atoms with Crippen LogP contribution in [0.3, 0.4) is 0 Å². The van der Waals surface area contributed by atoms with Crippen molar-refractivity contribution in [1.29, 1.82) is 5.26 Å². The van der Waals surface area contributed by atoms with Gasteiger partial charge in [0.2, 0.25) is 5.91 Å². The third kappa shape index (κ3) is 4.83. The summed E-state index contributed by atoms with van der Waals surface area (Å²) < 4.78 is 38.6. The zero-order chi connectivity index (χ0) is 20.1. The van der Waals surface area contributed by atoms with Crippen molar-refractivity contribution in [2.24, 2.45) is 0 Å². The minimum atomic E-state index is -4.36. The molecule has 1 amide bonds. The zero-order valence-corrected chi connectivity index (χ0v) is 15.2. The third-order valence-corrected chi connectivity index (χ3v) is 4.88. The minimum absolute atomic E-state index is 0.0352. The van der Waals surface area contributed by atoms with Gasteiger partial charge in [0.25, 0.3) is 0 Å². The number of hydrogen-bond acceptors (Lipinski definition) is 3. The van der Waals surface area contributed by atoms with Gasteiger partial charge in [-0.1, -0.05) is 18.2 Å². The summed E-state index contributed by atoms with van der Waals surface area (Å²) in [6, 6.07) is 14.5. The standard InChI is InChI=1S/C21H20F3N3O/c22-21(23,24)18-2-1-3-19(14-18)26-10-12-27(13-11-26)20(28)9-8-16-4-6-17(15-25)7-5-16/h1-7,14H,8-13H2. The molecule has 0 aliphatic carbocycles. The molecule has 2 aromatic carbocycles. The van der Waals surface area contributed by atoms with Gasteiger partial charge in [0.1, 0.15) is 0 Å². The van der Waals surface area contributed by atoms with Crippen LogP contribution in [0, 0.1) is 11.3 Å². The molecule has 1 saturated heterocycles. The van der Waals surface area contributed by atoms with Crippen molar-refractivity contribution in [3.63, 3.8) is 0 Å². The first-order chi connectivity index (χ1) is 13.4. The lowest BCUT2D eigenvalue weighted by molar-refractivity contribution is -0.137. The van der Waals surface area contributed by atoms with Crippen LogP contribution in [0.2, 0.25) is 0 Å². The van der Waals surface area contributed by atoms with E-state index in [0.717, 1.165) is 17.7 Å². The van der Waals surface area contributed by atoms with Crippen molar-refractivity contribution in [3.8, 4) is 6.07 Å². The summed E-state index contributed by atoms with van der Waals surface area (Å²) >= 11 is 0. The number of piperazine rings is 1. The molecule has 0 unspecified atom stereocenters. The second-order valence-corrected chi connectivity index (χ2v) is 6.72. The number of aryl methyl sites for hydroxylation is 1. The molecule has 7 heteroatoms. The molecule has 0 radical (unpaired) electrons. The predicted molar refractivity (Wildman–Crippen MR) is 99.7 cm³/mol. The Hall–Kier alpha value is -3.01. The van der Waals surface area contributed by atoms with Crippen LogP contribution < -0.4 is 4.90 Å². The fourth-order valence-electron chi connectivity index (χ4n) is 3.25. The van der Waals surface area contributed by atoms with E-state index in [1.807, 2.05) is 17.0 Å². The molecular formula is C21H20F3N3O. The largest absolute Gasteiger partial charge is 0.416 e. The van der Waals surface area contributed by atoms with Crippen LogP contribution in [-0.2, 0) is 17.4 Å². The molecule has 0 atom stereocenters. The quantitative estimate of drug-likeness (QED) is 0.801. The van der Waals surface area contributed by atoms with Gasteiger partial charge in [-0.2, -0.15) is 18.4 Å². The van der Waals surface area contributed by atoms with E-state index in [9.17, 15) is 18.0 Å². The number of anilines is 1. The molecule has 2 aromatic rings. The molecule has 1 aliphatic heterocycles. The number of nitrogens with zero attached hydrogens (tertiary/aromatic N) is 3. The second kappa shape index (κ2) is 8.34. The maximum absolute atomic E-state index is 12.9. The van der Waals surface area contributed by atoms with Gasteiger partial charge in [0.05, 0.1) is 17.2 Å². The summed E-state index contributed by atoms with van der Waals surface area (Å²) in [5, 5.41) is 8.81. The highest BCUT2D eigenvalue weighted by Gasteiger charge is 2.31. The van der Waals surface area contributed by atoms with Crippen LogP contribution in [0.25, 0.3) is 0 Å². The summed E-state index contributed by atoms with van der Waals surface area (Å²) in [5.41, 5.74) is 1.45. The smallest absolute Gasteiger partial charge is 0.368 e. The maximum Gasteiger partial charge on any atom is 0.416 e. The first-order valence-corrected chi connectivity index (χ1v) is 9.06. The molecule has 0 spiro atoms. The lowest BCUT2D eigenvalue weighted by Gasteiger charge is -2.36. The molecule has 4 nitrogen and oxygen atoms in total. The molecule has 0 bridgehead atoms. The number of carbonyl (C=O) groups is 1. The van der Waals surface area contributed by atoms with Crippen molar-refractivity contribution < 1.29 is 18.0 Å². The maximum atomic E-state index is 12.9. The van der Waals surface area contributed by atoms with E-state index in [0.29, 0.717) is 50.3 Å². The van der Waals surface area contributed by atoms with E-state index in [-0.39, 0.29) is 5.91 Å². The first-order valence-electron chi connectivity index (χ1n) is 9.06. The Morgan fingerprint density at radius 1 is 1.04 bits per heavy atom. The highest BCUT2D eigenvalue weighted by Crippen LogP contribution is 2.31. The summed E-state index contributed by atoms with van der Waals surface area (Å²) in [6.45, 7) is 1.98. The fourth-order valence-corrected chi connectivity index (χ4v) is 3.25. The van der Waals surface area contributed by atoms with Gasteiger partial charge in [-0.05, 0) is 42.3 Å². The molecule has 1 aliphatic rings. The highest BCUT2D eigenvalue weighted by molar-refractivity contribution is 5.76. The molecule has 28 heavy (non-hydrogen) atoms. The van der Waals surface area contributed by atoms with Gasteiger partial charge in [-0.3, -0.25) is 4.79 Å². The number of alkyl halides is 3. The predicted octanol–water partition coefficient (Wildman–Crippen LogP) is 3.86. The van der Waals surface area contributed by atoms with Gasteiger partial charge in [0, 0.05) is 38.3 Å². The minimum Gasteiger partial charge on any atom is -0.368 e. The van der Waals surface area contributed by atoms with E-state index < -0.39 is 11.7 Å². The monoisotopic (exact) mass is 387 g/mol. The van der Waals surface area contributed by atoms with E-state index in [2.05, 4.69) is 6.07 Å². The molecule has 146 valence electrons. The van der Waals surface area contributed by atoms with E-state index in [4.69, 9.17) is 5.26 Å². The van der Waals surface area contributed by atoms with Crippen LogP contribution in [0.4, 0.5) is 18.9 Å². The normalized spacial score (nSPS) is 14.6. The van der Waals surface area contributed by atoms with Crippen molar-refractivity contribution in [2.45, 2.75) is 19.0 Å². The van der Waals surface area contributed by atoms with Gasteiger partial charge < -0.3 is 9.80 Å². The third-order valence-electron chi connectivity index (χ3n) is 4.88. The van der Waals surface area contributed by atoms with Crippen molar-refractivity contribution >= 4 is 11.6 Å².